The van der Waals surface area contributed by atoms with Crippen LogP contribution in [0.3, 0.4) is 0 Å². The van der Waals surface area contributed by atoms with Crippen LogP contribution in [-0.2, 0) is 16.6 Å². The van der Waals surface area contributed by atoms with Crippen molar-refractivity contribution in [1.82, 2.24) is 14.7 Å². The number of aryl methyl sites for hydroxylation is 1. The summed E-state index contributed by atoms with van der Waals surface area (Å²) in [5.74, 6) is -0.242. The van der Waals surface area contributed by atoms with Crippen LogP contribution in [0.2, 0.25) is 0 Å². The van der Waals surface area contributed by atoms with Gasteiger partial charge in [-0.25, -0.2) is 0 Å². The molecule has 1 fully saturated rings. The Bertz CT molecular complexity index is 468. The molecule has 6 heteroatoms. The van der Waals surface area contributed by atoms with E-state index in [1.54, 1.807) is 24.1 Å². The number of imide groups is 1. The number of rotatable bonds is 4. The highest BCUT2D eigenvalue weighted by Gasteiger charge is 2.40. The topological polar surface area (TPSA) is 67.2 Å². The van der Waals surface area contributed by atoms with Crippen molar-refractivity contribution in [1.29, 1.82) is 0 Å². The molecule has 98 valence electrons. The molecule has 1 aliphatic rings. The molecule has 0 bridgehead atoms. The van der Waals surface area contributed by atoms with Crippen LogP contribution in [0.15, 0.2) is 12.4 Å². The minimum atomic E-state index is -0.462. The summed E-state index contributed by atoms with van der Waals surface area (Å²) in [7, 11) is 1.80. The van der Waals surface area contributed by atoms with Gasteiger partial charge in [-0.2, -0.15) is 5.10 Å². The Balaban J connectivity index is 2.08. The molecule has 1 aromatic heterocycles. The van der Waals surface area contributed by atoms with Gasteiger partial charge in [0.1, 0.15) is 6.04 Å². The SMILES string of the molecule is CCC(C)N1C(=O)CC(Nc2cnn(C)c2)C1=O. The van der Waals surface area contributed by atoms with E-state index in [0.29, 0.717) is 0 Å². The molecule has 2 rings (SSSR count). The molecule has 1 saturated heterocycles. The molecule has 0 spiro atoms. The molecule has 0 radical (unpaired) electrons. The Morgan fingerprint density at radius 3 is 2.83 bits per heavy atom. The van der Waals surface area contributed by atoms with Crippen molar-refractivity contribution in [2.24, 2.45) is 7.05 Å². The third-order valence-electron chi connectivity index (χ3n) is 3.26. The van der Waals surface area contributed by atoms with Crippen molar-refractivity contribution in [2.75, 3.05) is 5.32 Å². The summed E-state index contributed by atoms with van der Waals surface area (Å²) in [6.07, 6.45) is 4.42. The van der Waals surface area contributed by atoms with Gasteiger partial charge < -0.3 is 5.32 Å². The van der Waals surface area contributed by atoms with Gasteiger partial charge in [-0.15, -0.1) is 0 Å². The number of hydrogen-bond donors (Lipinski definition) is 1. The van der Waals surface area contributed by atoms with Crippen LogP contribution >= 0.6 is 0 Å². The molecule has 0 aromatic carbocycles. The number of nitrogens with one attached hydrogen (secondary N) is 1. The predicted octanol–water partition coefficient (Wildman–Crippen LogP) is 0.758. The lowest BCUT2D eigenvalue weighted by Gasteiger charge is -2.21. The Labute approximate surface area is 106 Å². The largest absolute Gasteiger partial charge is 0.371 e. The van der Waals surface area contributed by atoms with Crippen molar-refractivity contribution in [3.05, 3.63) is 12.4 Å². The molecule has 2 amide bonds. The second-order valence-electron chi connectivity index (χ2n) is 4.66. The lowest BCUT2D eigenvalue weighted by atomic mass is 10.2. The zero-order valence-corrected chi connectivity index (χ0v) is 10.9. The van der Waals surface area contributed by atoms with Crippen LogP contribution in [0.5, 0.6) is 0 Å². The molecule has 2 unspecified atom stereocenters. The van der Waals surface area contributed by atoms with Crippen molar-refractivity contribution in [3.8, 4) is 0 Å². The maximum atomic E-state index is 12.1. The third kappa shape index (κ3) is 2.23. The number of nitrogens with zero attached hydrogens (tertiary/aromatic N) is 3. The fourth-order valence-electron chi connectivity index (χ4n) is 2.11. The first kappa shape index (κ1) is 12.6. The minimum absolute atomic E-state index is 0.0364. The Morgan fingerprint density at radius 2 is 2.28 bits per heavy atom. The summed E-state index contributed by atoms with van der Waals surface area (Å²) < 4.78 is 1.65. The van der Waals surface area contributed by atoms with Gasteiger partial charge in [0, 0.05) is 19.3 Å². The number of hydrogen-bond acceptors (Lipinski definition) is 4. The first-order chi connectivity index (χ1) is 8.52. The van der Waals surface area contributed by atoms with E-state index >= 15 is 0 Å². The average Bonchev–Trinajstić information content (AvgIpc) is 2.84. The van der Waals surface area contributed by atoms with Gasteiger partial charge in [0.2, 0.25) is 5.91 Å². The molecule has 1 aliphatic heterocycles. The van der Waals surface area contributed by atoms with Crippen LogP contribution < -0.4 is 5.32 Å². The highest BCUT2D eigenvalue weighted by molar-refractivity contribution is 6.07. The van der Waals surface area contributed by atoms with E-state index in [1.807, 2.05) is 13.8 Å². The van der Waals surface area contributed by atoms with Gasteiger partial charge in [-0.05, 0) is 13.3 Å². The van der Waals surface area contributed by atoms with Crippen molar-refractivity contribution in [2.45, 2.75) is 38.8 Å². The molecule has 18 heavy (non-hydrogen) atoms. The Morgan fingerprint density at radius 1 is 1.56 bits per heavy atom. The molecule has 2 heterocycles. The summed E-state index contributed by atoms with van der Waals surface area (Å²) in [6, 6.07) is -0.499. The van der Waals surface area contributed by atoms with Crippen LogP contribution in [0, 0.1) is 0 Å². The van der Waals surface area contributed by atoms with Gasteiger partial charge in [0.25, 0.3) is 5.91 Å². The zero-order valence-electron chi connectivity index (χ0n) is 10.9. The normalized spacial score (nSPS) is 21.5. The lowest BCUT2D eigenvalue weighted by Crippen LogP contribution is -2.40. The standard InChI is InChI=1S/C12H18N4O2/c1-4-8(2)16-11(17)5-10(12(16)18)14-9-6-13-15(3)7-9/h6-8,10,14H,4-5H2,1-3H3. The fourth-order valence-corrected chi connectivity index (χ4v) is 2.11. The summed E-state index contributed by atoms with van der Waals surface area (Å²) >= 11 is 0. The van der Waals surface area contributed by atoms with Gasteiger partial charge in [0.05, 0.1) is 18.3 Å². The van der Waals surface area contributed by atoms with E-state index in [9.17, 15) is 9.59 Å². The highest BCUT2D eigenvalue weighted by atomic mass is 16.2. The van der Waals surface area contributed by atoms with Gasteiger partial charge >= 0.3 is 0 Å². The number of likely N-dealkylation sites (tertiary alicyclic amines) is 1. The first-order valence-corrected chi connectivity index (χ1v) is 6.14. The van der Waals surface area contributed by atoms with Crippen LogP contribution in [0.1, 0.15) is 26.7 Å². The summed E-state index contributed by atoms with van der Waals surface area (Å²) in [5.41, 5.74) is 0.759. The molecular weight excluding hydrogens is 232 g/mol. The maximum absolute atomic E-state index is 12.1. The van der Waals surface area contributed by atoms with E-state index in [1.165, 1.54) is 4.90 Å². The van der Waals surface area contributed by atoms with E-state index in [2.05, 4.69) is 10.4 Å². The van der Waals surface area contributed by atoms with Crippen molar-refractivity contribution in [3.63, 3.8) is 0 Å². The molecule has 2 atom stereocenters. The second kappa shape index (κ2) is 4.80. The number of carbonyl (C=O) groups is 2. The quantitative estimate of drug-likeness (QED) is 0.801. The average molecular weight is 250 g/mol. The van der Waals surface area contributed by atoms with Crippen molar-refractivity contribution < 1.29 is 9.59 Å². The number of aromatic nitrogens is 2. The number of amides is 2. The number of carbonyl (C=O) groups excluding carboxylic acids is 2. The van der Waals surface area contributed by atoms with Crippen LogP contribution in [0.25, 0.3) is 0 Å². The first-order valence-electron chi connectivity index (χ1n) is 6.14. The summed E-state index contributed by atoms with van der Waals surface area (Å²) in [4.78, 5) is 25.3. The molecule has 0 saturated carbocycles. The smallest absolute Gasteiger partial charge is 0.252 e. The van der Waals surface area contributed by atoms with Crippen LogP contribution in [0.4, 0.5) is 5.69 Å². The van der Waals surface area contributed by atoms with E-state index in [0.717, 1.165) is 12.1 Å². The summed E-state index contributed by atoms with van der Waals surface area (Å²) in [6.45, 7) is 3.86. The van der Waals surface area contributed by atoms with Crippen molar-refractivity contribution >= 4 is 17.5 Å². The highest BCUT2D eigenvalue weighted by Crippen LogP contribution is 2.21. The Kier molecular flexibility index (Phi) is 3.36. The predicted molar refractivity (Wildman–Crippen MR) is 66.8 cm³/mol. The molecular formula is C12H18N4O2. The Hall–Kier alpha value is -1.85. The molecule has 1 N–H and O–H groups in total. The molecule has 1 aromatic rings. The van der Waals surface area contributed by atoms with Gasteiger partial charge in [0.15, 0.2) is 0 Å². The van der Waals surface area contributed by atoms with E-state index < -0.39 is 6.04 Å². The van der Waals surface area contributed by atoms with Gasteiger partial charge in [-0.1, -0.05) is 6.92 Å². The molecule has 6 nitrogen and oxygen atoms in total. The van der Waals surface area contributed by atoms with E-state index in [-0.39, 0.29) is 24.3 Å². The van der Waals surface area contributed by atoms with E-state index in [4.69, 9.17) is 0 Å². The van der Waals surface area contributed by atoms with Crippen LogP contribution in [-0.4, -0.2) is 38.6 Å². The lowest BCUT2D eigenvalue weighted by molar-refractivity contribution is -0.140. The third-order valence-corrected chi connectivity index (χ3v) is 3.26. The number of anilines is 1. The van der Waals surface area contributed by atoms with Gasteiger partial charge in [-0.3, -0.25) is 19.2 Å². The fraction of sp³-hybridized carbons (Fsp3) is 0.583. The summed E-state index contributed by atoms with van der Waals surface area (Å²) in [5, 5.41) is 7.07. The minimum Gasteiger partial charge on any atom is -0.371 e. The second-order valence-corrected chi connectivity index (χ2v) is 4.66. The maximum Gasteiger partial charge on any atom is 0.252 e. The monoisotopic (exact) mass is 250 g/mol. The zero-order chi connectivity index (χ0) is 13.3. The molecule has 0 aliphatic carbocycles.